The lowest BCUT2D eigenvalue weighted by Gasteiger charge is -2.34. The summed E-state index contributed by atoms with van der Waals surface area (Å²) in [6, 6.07) is 3.52. The van der Waals surface area contributed by atoms with Gasteiger partial charge in [-0.25, -0.2) is 9.78 Å². The zero-order valence-corrected chi connectivity index (χ0v) is 14.2. The molecule has 122 valence electrons. The normalized spacial score (nSPS) is 18.9. The summed E-state index contributed by atoms with van der Waals surface area (Å²) in [5.41, 5.74) is -0.220. The number of ether oxygens (including phenoxy) is 1. The van der Waals surface area contributed by atoms with E-state index in [4.69, 9.17) is 16.3 Å². The number of nitrogens with zero attached hydrogens (tertiary/aromatic N) is 2. The Balaban J connectivity index is 1.86. The second-order valence-electron chi connectivity index (χ2n) is 6.74. The Bertz CT molecular complexity index is 516. The Hall–Kier alpha value is -1.49. The molecule has 0 aromatic carbocycles. The van der Waals surface area contributed by atoms with Crippen LogP contribution in [0.15, 0.2) is 18.3 Å². The number of carbonyl (C=O) groups excluding carboxylic acids is 1. The molecule has 1 aromatic rings. The highest BCUT2D eigenvalue weighted by Crippen LogP contribution is 2.23. The standard InChI is InChI=1S/C16H24ClN3O2/c1-16(2,3)19-15(21)20-9-5-6-12(10-20)11-22-14-13(17)7-4-8-18-14/h4,7-8,12H,5-6,9-11H2,1-3H3,(H,19,21). The first kappa shape index (κ1) is 16.9. The predicted octanol–water partition coefficient (Wildman–Crippen LogP) is 3.33. The molecule has 2 rings (SSSR count). The van der Waals surface area contributed by atoms with Crippen LogP contribution in [0.3, 0.4) is 0 Å². The van der Waals surface area contributed by atoms with E-state index in [1.807, 2.05) is 25.7 Å². The number of halogens is 1. The van der Waals surface area contributed by atoms with Crippen molar-refractivity contribution in [2.75, 3.05) is 19.7 Å². The topological polar surface area (TPSA) is 54.5 Å². The fraction of sp³-hybridized carbons (Fsp3) is 0.625. The first-order chi connectivity index (χ1) is 10.3. The van der Waals surface area contributed by atoms with E-state index >= 15 is 0 Å². The van der Waals surface area contributed by atoms with Crippen LogP contribution in [0.4, 0.5) is 4.79 Å². The van der Waals surface area contributed by atoms with Crippen LogP contribution in [-0.2, 0) is 0 Å². The van der Waals surface area contributed by atoms with E-state index in [0.717, 1.165) is 19.4 Å². The van der Waals surface area contributed by atoms with Crippen LogP contribution in [-0.4, -0.2) is 41.2 Å². The Morgan fingerprint density at radius 1 is 1.55 bits per heavy atom. The lowest BCUT2D eigenvalue weighted by atomic mass is 9.99. The third-order valence-electron chi connectivity index (χ3n) is 3.47. The van der Waals surface area contributed by atoms with Crippen molar-refractivity contribution in [3.05, 3.63) is 23.4 Å². The number of piperidine rings is 1. The molecule has 1 aromatic heterocycles. The van der Waals surface area contributed by atoms with Gasteiger partial charge in [0.05, 0.1) is 6.61 Å². The maximum Gasteiger partial charge on any atom is 0.317 e. The van der Waals surface area contributed by atoms with Crippen LogP contribution in [0, 0.1) is 5.92 Å². The Morgan fingerprint density at radius 2 is 2.32 bits per heavy atom. The molecule has 0 bridgehead atoms. The van der Waals surface area contributed by atoms with Crippen LogP contribution >= 0.6 is 11.6 Å². The Morgan fingerprint density at radius 3 is 3.00 bits per heavy atom. The lowest BCUT2D eigenvalue weighted by molar-refractivity contribution is 0.131. The van der Waals surface area contributed by atoms with Gasteiger partial charge in [0.2, 0.25) is 5.88 Å². The molecule has 1 aliphatic heterocycles. The van der Waals surface area contributed by atoms with Crippen LogP contribution < -0.4 is 10.1 Å². The second-order valence-corrected chi connectivity index (χ2v) is 7.14. The van der Waals surface area contributed by atoms with Crippen LogP contribution in [0.1, 0.15) is 33.6 Å². The fourth-order valence-electron chi connectivity index (χ4n) is 2.46. The number of hydrogen-bond acceptors (Lipinski definition) is 3. The minimum Gasteiger partial charge on any atom is -0.476 e. The van der Waals surface area contributed by atoms with Crippen LogP contribution in [0.5, 0.6) is 5.88 Å². The average Bonchev–Trinajstić information content (AvgIpc) is 2.45. The van der Waals surface area contributed by atoms with Crippen LogP contribution in [0.25, 0.3) is 0 Å². The lowest BCUT2D eigenvalue weighted by Crippen LogP contribution is -2.51. The third kappa shape index (κ3) is 5.05. The van der Waals surface area contributed by atoms with Crippen molar-refractivity contribution < 1.29 is 9.53 Å². The summed E-state index contributed by atoms with van der Waals surface area (Å²) in [5, 5.41) is 3.52. The number of carbonyl (C=O) groups is 1. The number of urea groups is 1. The van der Waals surface area contributed by atoms with E-state index < -0.39 is 0 Å². The van der Waals surface area contributed by atoms with Gasteiger partial charge < -0.3 is 15.0 Å². The summed E-state index contributed by atoms with van der Waals surface area (Å²) in [6.45, 7) is 7.97. The number of rotatable bonds is 3. The average molecular weight is 326 g/mol. The number of nitrogens with one attached hydrogen (secondary N) is 1. The molecule has 0 aliphatic carbocycles. The molecule has 0 saturated carbocycles. The quantitative estimate of drug-likeness (QED) is 0.927. The van der Waals surface area contributed by atoms with Gasteiger partial charge >= 0.3 is 6.03 Å². The molecular formula is C16H24ClN3O2. The van der Waals surface area contributed by atoms with E-state index in [1.54, 1.807) is 18.3 Å². The molecule has 1 saturated heterocycles. The monoisotopic (exact) mass is 325 g/mol. The SMILES string of the molecule is CC(C)(C)NC(=O)N1CCCC(COc2ncccc2Cl)C1. The molecule has 1 atom stereocenters. The maximum atomic E-state index is 12.2. The van der Waals surface area contributed by atoms with Gasteiger partial charge in [0.15, 0.2) is 0 Å². The van der Waals surface area contributed by atoms with E-state index in [0.29, 0.717) is 30.0 Å². The molecule has 2 heterocycles. The van der Waals surface area contributed by atoms with Crippen molar-refractivity contribution in [3.8, 4) is 5.88 Å². The minimum atomic E-state index is -0.220. The molecule has 5 nitrogen and oxygen atoms in total. The third-order valence-corrected chi connectivity index (χ3v) is 3.76. The number of hydrogen-bond donors (Lipinski definition) is 1. The van der Waals surface area contributed by atoms with Gasteiger partial charge in [-0.05, 0) is 45.7 Å². The van der Waals surface area contributed by atoms with E-state index in [9.17, 15) is 4.79 Å². The zero-order valence-electron chi connectivity index (χ0n) is 13.4. The van der Waals surface area contributed by atoms with Crippen molar-refractivity contribution in [2.45, 2.75) is 39.2 Å². The molecule has 6 heteroatoms. The van der Waals surface area contributed by atoms with Crippen molar-refractivity contribution in [1.82, 2.24) is 15.2 Å². The Labute approximate surface area is 137 Å². The molecule has 1 N–H and O–H groups in total. The van der Waals surface area contributed by atoms with Crippen molar-refractivity contribution >= 4 is 17.6 Å². The van der Waals surface area contributed by atoms with Gasteiger partial charge in [0.25, 0.3) is 0 Å². The summed E-state index contributed by atoms with van der Waals surface area (Å²) in [5.74, 6) is 0.762. The molecule has 1 fully saturated rings. The summed E-state index contributed by atoms with van der Waals surface area (Å²) in [7, 11) is 0. The number of pyridine rings is 1. The predicted molar refractivity (Wildman–Crippen MR) is 87.3 cm³/mol. The van der Waals surface area contributed by atoms with Gasteiger partial charge in [-0.15, -0.1) is 0 Å². The maximum absolute atomic E-state index is 12.2. The molecule has 0 radical (unpaired) electrons. The summed E-state index contributed by atoms with van der Waals surface area (Å²) in [6.07, 6.45) is 3.69. The molecule has 2 amide bonds. The zero-order chi connectivity index (χ0) is 16.2. The van der Waals surface area contributed by atoms with Gasteiger partial charge in [0.1, 0.15) is 5.02 Å². The summed E-state index contributed by atoms with van der Waals surface area (Å²) < 4.78 is 5.70. The number of aromatic nitrogens is 1. The fourth-order valence-corrected chi connectivity index (χ4v) is 2.64. The number of amides is 2. The Kier molecular flexibility index (Phi) is 5.51. The van der Waals surface area contributed by atoms with E-state index in [-0.39, 0.29) is 11.6 Å². The highest BCUT2D eigenvalue weighted by Gasteiger charge is 2.26. The first-order valence-corrected chi connectivity index (χ1v) is 8.03. The highest BCUT2D eigenvalue weighted by molar-refractivity contribution is 6.31. The second kappa shape index (κ2) is 7.18. The van der Waals surface area contributed by atoms with E-state index in [1.165, 1.54) is 0 Å². The summed E-state index contributed by atoms with van der Waals surface area (Å²) >= 11 is 6.03. The molecule has 1 unspecified atom stereocenters. The first-order valence-electron chi connectivity index (χ1n) is 7.65. The molecule has 0 spiro atoms. The molecular weight excluding hydrogens is 302 g/mol. The molecule has 1 aliphatic rings. The summed E-state index contributed by atoms with van der Waals surface area (Å²) in [4.78, 5) is 18.2. The van der Waals surface area contributed by atoms with Gasteiger partial charge in [-0.1, -0.05) is 11.6 Å². The van der Waals surface area contributed by atoms with Crippen LogP contribution in [0.2, 0.25) is 5.02 Å². The van der Waals surface area contributed by atoms with Gasteiger partial charge in [0, 0.05) is 30.7 Å². The minimum absolute atomic E-state index is 0.00642. The number of likely N-dealkylation sites (tertiary alicyclic amines) is 1. The van der Waals surface area contributed by atoms with E-state index in [2.05, 4.69) is 10.3 Å². The molecule has 22 heavy (non-hydrogen) atoms. The van der Waals surface area contributed by atoms with Crippen molar-refractivity contribution in [2.24, 2.45) is 5.92 Å². The van der Waals surface area contributed by atoms with Gasteiger partial charge in [-0.3, -0.25) is 0 Å². The largest absolute Gasteiger partial charge is 0.476 e. The van der Waals surface area contributed by atoms with Crippen molar-refractivity contribution in [3.63, 3.8) is 0 Å². The highest BCUT2D eigenvalue weighted by atomic mass is 35.5. The van der Waals surface area contributed by atoms with Gasteiger partial charge in [-0.2, -0.15) is 0 Å². The van der Waals surface area contributed by atoms with Crippen molar-refractivity contribution in [1.29, 1.82) is 0 Å². The smallest absolute Gasteiger partial charge is 0.317 e.